The minimum atomic E-state index is -0.453. The van der Waals surface area contributed by atoms with E-state index in [1.165, 1.54) is 0 Å². The van der Waals surface area contributed by atoms with Crippen LogP contribution in [0.15, 0.2) is 24.3 Å². The Bertz CT molecular complexity index is 389. The minimum Gasteiger partial charge on any atom is -0.460 e. The first-order chi connectivity index (χ1) is 8.15. The second kappa shape index (κ2) is 6.62. The summed E-state index contributed by atoms with van der Waals surface area (Å²) < 4.78 is 4.85. The van der Waals surface area contributed by atoms with Gasteiger partial charge in [0.1, 0.15) is 6.61 Å². The Morgan fingerprint density at radius 1 is 1.12 bits per heavy atom. The molecule has 0 unspecified atom stereocenters. The molecule has 0 radical (unpaired) electrons. The average Bonchev–Trinajstić information content (AvgIpc) is 2.37. The zero-order valence-corrected chi connectivity index (χ0v) is 9.31. The summed E-state index contributed by atoms with van der Waals surface area (Å²) >= 11 is 0. The monoisotopic (exact) mass is 237 g/mol. The maximum atomic E-state index is 11.0. The molecule has 0 aliphatic heterocycles. The third-order valence-corrected chi connectivity index (χ3v) is 1.99. The van der Waals surface area contributed by atoms with Crippen LogP contribution in [0.3, 0.4) is 0 Å². The van der Waals surface area contributed by atoms with E-state index in [4.69, 9.17) is 16.2 Å². The van der Waals surface area contributed by atoms with E-state index in [-0.39, 0.29) is 25.6 Å². The topological polar surface area (TPSA) is 107 Å². The molecule has 0 heterocycles. The van der Waals surface area contributed by atoms with Gasteiger partial charge in [-0.2, -0.15) is 0 Å². The molecular formula is C11H15N3O3. The van der Waals surface area contributed by atoms with Crippen LogP contribution in [-0.2, 0) is 20.9 Å². The lowest BCUT2D eigenvalue weighted by Crippen LogP contribution is -2.21. The molecule has 17 heavy (non-hydrogen) atoms. The van der Waals surface area contributed by atoms with Gasteiger partial charge in [-0.3, -0.25) is 9.59 Å². The molecule has 0 aliphatic rings. The van der Waals surface area contributed by atoms with Crippen LogP contribution < -0.4 is 16.8 Å². The van der Waals surface area contributed by atoms with Crippen LogP contribution in [0.5, 0.6) is 0 Å². The fraction of sp³-hybridized carbons (Fsp3) is 0.273. The first-order valence-corrected chi connectivity index (χ1v) is 5.10. The molecule has 0 fully saturated rings. The van der Waals surface area contributed by atoms with E-state index in [0.29, 0.717) is 5.69 Å². The first-order valence-electron chi connectivity index (χ1n) is 5.10. The van der Waals surface area contributed by atoms with Gasteiger partial charge in [0.2, 0.25) is 5.91 Å². The number of carbonyl (C=O) groups is 2. The third-order valence-electron chi connectivity index (χ3n) is 1.99. The van der Waals surface area contributed by atoms with Gasteiger partial charge in [0, 0.05) is 5.69 Å². The van der Waals surface area contributed by atoms with Crippen molar-refractivity contribution < 1.29 is 14.3 Å². The van der Waals surface area contributed by atoms with Gasteiger partial charge < -0.3 is 21.5 Å². The highest BCUT2D eigenvalue weighted by atomic mass is 16.5. The van der Waals surface area contributed by atoms with Crippen LogP contribution >= 0.6 is 0 Å². The Balaban J connectivity index is 2.50. The highest BCUT2D eigenvalue weighted by Crippen LogP contribution is 2.10. The van der Waals surface area contributed by atoms with Gasteiger partial charge in [-0.25, -0.2) is 0 Å². The van der Waals surface area contributed by atoms with E-state index in [2.05, 4.69) is 5.32 Å². The van der Waals surface area contributed by atoms with Crippen LogP contribution in [0.2, 0.25) is 0 Å². The number of amides is 1. The number of hydrogen-bond donors (Lipinski definition) is 3. The summed E-state index contributed by atoms with van der Waals surface area (Å²) in [6.07, 6.45) is 0. The maximum Gasteiger partial charge on any atom is 0.320 e. The van der Waals surface area contributed by atoms with Gasteiger partial charge in [0.25, 0.3) is 0 Å². The van der Waals surface area contributed by atoms with Crippen molar-refractivity contribution in [3.05, 3.63) is 29.8 Å². The van der Waals surface area contributed by atoms with Crippen LogP contribution in [0, 0.1) is 0 Å². The lowest BCUT2D eigenvalue weighted by Gasteiger charge is -2.06. The first kappa shape index (κ1) is 13.1. The lowest BCUT2D eigenvalue weighted by atomic mass is 10.2. The molecule has 0 bridgehead atoms. The number of rotatable bonds is 5. The van der Waals surface area contributed by atoms with E-state index in [1.54, 1.807) is 24.3 Å². The molecule has 6 nitrogen and oxygen atoms in total. The Morgan fingerprint density at radius 3 is 2.29 bits per heavy atom. The summed E-state index contributed by atoms with van der Waals surface area (Å²) in [5.74, 6) is -0.710. The number of nitrogens with two attached hydrogens (primary N) is 2. The SMILES string of the molecule is NCC(=O)Nc1ccc(COC(=O)CN)cc1. The number of nitrogens with one attached hydrogen (secondary N) is 1. The number of esters is 1. The molecule has 0 saturated heterocycles. The van der Waals surface area contributed by atoms with E-state index >= 15 is 0 Å². The molecule has 1 aromatic rings. The third kappa shape index (κ3) is 4.62. The Kier molecular flexibility index (Phi) is 5.12. The van der Waals surface area contributed by atoms with Gasteiger partial charge >= 0.3 is 5.97 Å². The molecule has 1 rings (SSSR count). The van der Waals surface area contributed by atoms with Crippen LogP contribution in [-0.4, -0.2) is 25.0 Å². The van der Waals surface area contributed by atoms with Gasteiger partial charge in [-0.1, -0.05) is 12.1 Å². The molecule has 92 valence electrons. The van der Waals surface area contributed by atoms with Crippen molar-refractivity contribution in [2.24, 2.45) is 11.5 Å². The summed E-state index contributed by atoms with van der Waals surface area (Å²) in [5, 5.41) is 2.60. The zero-order chi connectivity index (χ0) is 12.7. The summed E-state index contributed by atoms with van der Waals surface area (Å²) in [6, 6.07) is 6.91. The lowest BCUT2D eigenvalue weighted by molar-refractivity contribution is -0.143. The molecule has 0 spiro atoms. The quantitative estimate of drug-likeness (QED) is 0.603. The van der Waals surface area contributed by atoms with Crippen molar-refractivity contribution in [2.75, 3.05) is 18.4 Å². The highest BCUT2D eigenvalue weighted by molar-refractivity contribution is 5.92. The van der Waals surface area contributed by atoms with Gasteiger partial charge in [0.05, 0.1) is 13.1 Å². The van der Waals surface area contributed by atoms with Gasteiger partial charge in [-0.05, 0) is 17.7 Å². The smallest absolute Gasteiger partial charge is 0.320 e. The molecule has 0 saturated carbocycles. The Hall–Kier alpha value is -1.92. The molecule has 0 aliphatic carbocycles. The molecule has 1 aromatic carbocycles. The van der Waals surface area contributed by atoms with E-state index < -0.39 is 5.97 Å². The number of carbonyl (C=O) groups excluding carboxylic acids is 2. The van der Waals surface area contributed by atoms with Crippen molar-refractivity contribution in [3.8, 4) is 0 Å². The summed E-state index contributed by atoms with van der Waals surface area (Å²) in [5.41, 5.74) is 11.7. The second-order valence-electron chi connectivity index (χ2n) is 3.31. The van der Waals surface area contributed by atoms with E-state index in [9.17, 15) is 9.59 Å². The number of ether oxygens (including phenoxy) is 1. The van der Waals surface area contributed by atoms with Crippen LogP contribution in [0.25, 0.3) is 0 Å². The van der Waals surface area contributed by atoms with E-state index in [0.717, 1.165) is 5.56 Å². The van der Waals surface area contributed by atoms with Crippen molar-refractivity contribution in [3.63, 3.8) is 0 Å². The van der Waals surface area contributed by atoms with Gasteiger partial charge in [-0.15, -0.1) is 0 Å². The van der Waals surface area contributed by atoms with Crippen molar-refractivity contribution in [2.45, 2.75) is 6.61 Å². The van der Waals surface area contributed by atoms with Crippen LogP contribution in [0.4, 0.5) is 5.69 Å². The fourth-order valence-electron chi connectivity index (χ4n) is 1.12. The van der Waals surface area contributed by atoms with Crippen molar-refractivity contribution in [1.29, 1.82) is 0 Å². The zero-order valence-electron chi connectivity index (χ0n) is 9.31. The second-order valence-corrected chi connectivity index (χ2v) is 3.31. The predicted molar refractivity (Wildman–Crippen MR) is 63.0 cm³/mol. The Morgan fingerprint density at radius 2 is 1.76 bits per heavy atom. The molecule has 6 heteroatoms. The van der Waals surface area contributed by atoms with Crippen LogP contribution in [0.1, 0.15) is 5.56 Å². The minimum absolute atomic E-state index is 0.0597. The standard InChI is InChI=1S/C11H15N3O3/c12-5-10(15)14-9-3-1-8(2-4-9)7-17-11(16)6-13/h1-4H,5-7,12-13H2,(H,14,15). The molecular weight excluding hydrogens is 222 g/mol. The highest BCUT2D eigenvalue weighted by Gasteiger charge is 2.01. The number of anilines is 1. The summed E-state index contributed by atoms with van der Waals surface area (Å²) in [7, 11) is 0. The van der Waals surface area contributed by atoms with Crippen molar-refractivity contribution in [1.82, 2.24) is 0 Å². The molecule has 1 amide bonds. The number of benzene rings is 1. The summed E-state index contributed by atoms with van der Waals surface area (Å²) in [6.45, 7) is -0.0261. The largest absolute Gasteiger partial charge is 0.460 e. The fourth-order valence-corrected chi connectivity index (χ4v) is 1.12. The summed E-state index contributed by atoms with van der Waals surface area (Å²) in [4.78, 5) is 21.8. The molecule has 0 aromatic heterocycles. The van der Waals surface area contributed by atoms with E-state index in [1.807, 2.05) is 0 Å². The van der Waals surface area contributed by atoms with Gasteiger partial charge in [0.15, 0.2) is 0 Å². The predicted octanol–water partition coefficient (Wildman–Crippen LogP) is -0.414. The Labute approximate surface area is 98.9 Å². The maximum absolute atomic E-state index is 11.0. The average molecular weight is 237 g/mol. The molecule has 0 atom stereocenters. The number of hydrogen-bond acceptors (Lipinski definition) is 5. The normalized spacial score (nSPS) is 9.76. The van der Waals surface area contributed by atoms with Crippen molar-refractivity contribution >= 4 is 17.6 Å². The molecule has 5 N–H and O–H groups in total.